The van der Waals surface area contributed by atoms with E-state index in [2.05, 4.69) is 25.2 Å². The summed E-state index contributed by atoms with van der Waals surface area (Å²) >= 11 is 0. The fraction of sp³-hybridized carbons (Fsp3) is 0.400. The Kier molecular flexibility index (Phi) is 5.07. The molecule has 1 aliphatic heterocycles. The minimum Gasteiger partial charge on any atom is -0.413 e. The van der Waals surface area contributed by atoms with Gasteiger partial charge in [0.15, 0.2) is 0 Å². The van der Waals surface area contributed by atoms with E-state index >= 15 is 0 Å². The first-order valence-electron chi connectivity index (χ1n) is 7.77. The molecule has 2 aromatic rings. The molecule has 1 aromatic heterocycles. The smallest absolute Gasteiger partial charge is 0.413 e. The second-order valence-corrected chi connectivity index (χ2v) is 5.61. The highest BCUT2D eigenvalue weighted by Gasteiger charge is 2.38. The maximum atomic E-state index is 14.2. The van der Waals surface area contributed by atoms with Crippen LogP contribution in [-0.4, -0.2) is 47.3 Å². The van der Waals surface area contributed by atoms with Gasteiger partial charge in [0.1, 0.15) is 5.82 Å². The third-order valence-corrected chi connectivity index (χ3v) is 3.80. The van der Waals surface area contributed by atoms with E-state index in [9.17, 15) is 22.4 Å². The van der Waals surface area contributed by atoms with Crippen LogP contribution in [0.4, 0.5) is 22.4 Å². The lowest BCUT2D eigenvalue weighted by Gasteiger charge is -2.27. The lowest BCUT2D eigenvalue weighted by molar-refractivity contribution is -0.156. The van der Waals surface area contributed by atoms with Gasteiger partial charge in [-0.05, 0) is 12.1 Å². The minimum absolute atomic E-state index is 0.0164. The van der Waals surface area contributed by atoms with Crippen LogP contribution in [-0.2, 0) is 12.7 Å². The van der Waals surface area contributed by atoms with Gasteiger partial charge >= 0.3 is 18.1 Å². The van der Waals surface area contributed by atoms with Crippen molar-refractivity contribution in [3.63, 3.8) is 0 Å². The number of carbonyl (C=O) groups is 1. The Labute approximate surface area is 145 Å². The number of nitrogens with one attached hydrogen (secondary N) is 2. The van der Waals surface area contributed by atoms with Crippen molar-refractivity contribution in [2.45, 2.75) is 12.7 Å². The summed E-state index contributed by atoms with van der Waals surface area (Å²) in [6.07, 6.45) is -4.77. The second kappa shape index (κ2) is 7.28. The first-order valence-corrected chi connectivity index (χ1v) is 7.77. The van der Waals surface area contributed by atoms with Gasteiger partial charge in [-0.25, -0.2) is 9.18 Å². The number of piperazine rings is 1. The van der Waals surface area contributed by atoms with Crippen LogP contribution in [0.2, 0.25) is 0 Å². The van der Waals surface area contributed by atoms with E-state index in [0.29, 0.717) is 26.2 Å². The van der Waals surface area contributed by atoms with E-state index in [4.69, 9.17) is 0 Å². The van der Waals surface area contributed by atoms with Crippen LogP contribution in [0.1, 0.15) is 11.5 Å². The molecule has 26 heavy (non-hydrogen) atoms. The predicted octanol–water partition coefficient (Wildman–Crippen LogP) is 2.01. The van der Waals surface area contributed by atoms with E-state index < -0.39 is 23.8 Å². The number of aromatic nitrogens is 2. The van der Waals surface area contributed by atoms with Crippen molar-refractivity contribution in [1.29, 1.82) is 0 Å². The Bertz CT molecular complexity index is 787. The highest BCUT2D eigenvalue weighted by atomic mass is 19.4. The van der Waals surface area contributed by atoms with Crippen molar-refractivity contribution in [3.8, 4) is 11.5 Å². The van der Waals surface area contributed by atoms with Gasteiger partial charge in [-0.1, -0.05) is 6.07 Å². The summed E-state index contributed by atoms with van der Waals surface area (Å²) in [6, 6.07) is 3.38. The molecule has 7 nitrogen and oxygen atoms in total. The van der Waals surface area contributed by atoms with Gasteiger partial charge in [0.05, 0.1) is 0 Å². The molecule has 0 spiro atoms. The van der Waals surface area contributed by atoms with Gasteiger partial charge < -0.3 is 20.0 Å². The summed E-state index contributed by atoms with van der Waals surface area (Å²) in [4.78, 5) is 13.6. The van der Waals surface area contributed by atoms with Crippen molar-refractivity contribution >= 4 is 6.03 Å². The van der Waals surface area contributed by atoms with Crippen LogP contribution in [0.15, 0.2) is 22.6 Å². The zero-order valence-corrected chi connectivity index (χ0v) is 13.4. The number of halogens is 4. The Balaban J connectivity index is 1.65. The van der Waals surface area contributed by atoms with Gasteiger partial charge in [0.2, 0.25) is 5.89 Å². The first kappa shape index (κ1) is 18.1. The molecule has 2 heterocycles. The van der Waals surface area contributed by atoms with Crippen LogP contribution in [0.25, 0.3) is 11.5 Å². The quantitative estimate of drug-likeness (QED) is 0.805. The number of alkyl halides is 3. The Morgan fingerprint density at radius 2 is 2.00 bits per heavy atom. The van der Waals surface area contributed by atoms with Crippen LogP contribution < -0.4 is 10.6 Å². The minimum atomic E-state index is -4.77. The molecule has 1 aromatic carbocycles. The number of nitrogens with zero attached hydrogens (tertiary/aromatic N) is 3. The summed E-state index contributed by atoms with van der Waals surface area (Å²) < 4.78 is 56.1. The average Bonchev–Trinajstić information content (AvgIpc) is 3.11. The largest absolute Gasteiger partial charge is 0.470 e. The molecule has 0 saturated carbocycles. The number of urea groups is 1. The van der Waals surface area contributed by atoms with E-state index in [1.807, 2.05) is 0 Å². The zero-order valence-electron chi connectivity index (χ0n) is 13.4. The number of hydrogen-bond acceptors (Lipinski definition) is 5. The van der Waals surface area contributed by atoms with Crippen LogP contribution >= 0.6 is 0 Å². The van der Waals surface area contributed by atoms with Gasteiger partial charge in [-0.2, -0.15) is 13.2 Å². The molecule has 140 valence electrons. The fourth-order valence-electron chi connectivity index (χ4n) is 2.43. The van der Waals surface area contributed by atoms with Crippen LogP contribution in [0, 0.1) is 5.82 Å². The number of carbonyl (C=O) groups excluding carboxylic acids is 1. The van der Waals surface area contributed by atoms with E-state index in [-0.39, 0.29) is 23.7 Å². The molecule has 3 rings (SSSR count). The van der Waals surface area contributed by atoms with Crippen LogP contribution in [0.5, 0.6) is 0 Å². The lowest BCUT2D eigenvalue weighted by Crippen LogP contribution is -2.50. The Morgan fingerprint density at radius 3 is 2.62 bits per heavy atom. The normalized spacial score (nSPS) is 15.2. The predicted molar refractivity (Wildman–Crippen MR) is 81.4 cm³/mol. The third-order valence-electron chi connectivity index (χ3n) is 3.80. The molecular formula is C15H15F4N5O2. The topological polar surface area (TPSA) is 83.3 Å². The molecule has 0 unspecified atom stereocenters. The molecule has 2 amide bonds. The van der Waals surface area contributed by atoms with E-state index in [0.717, 1.165) is 6.07 Å². The zero-order chi connectivity index (χ0) is 18.7. The molecule has 0 aliphatic carbocycles. The summed E-state index contributed by atoms with van der Waals surface area (Å²) in [5, 5.41) is 11.9. The molecule has 0 radical (unpaired) electrons. The lowest BCUT2D eigenvalue weighted by atomic mass is 10.1. The number of hydrogen-bond donors (Lipinski definition) is 2. The van der Waals surface area contributed by atoms with Crippen LogP contribution in [0.3, 0.4) is 0 Å². The van der Waals surface area contributed by atoms with Gasteiger partial charge in [-0.3, -0.25) is 0 Å². The summed E-state index contributed by atoms with van der Waals surface area (Å²) in [6.45, 7) is 2.46. The summed E-state index contributed by atoms with van der Waals surface area (Å²) in [7, 11) is 0. The number of amides is 2. The molecule has 0 bridgehead atoms. The van der Waals surface area contributed by atoms with Gasteiger partial charge in [0, 0.05) is 43.9 Å². The molecule has 11 heteroatoms. The van der Waals surface area contributed by atoms with Crippen molar-refractivity contribution in [2.75, 3.05) is 26.2 Å². The van der Waals surface area contributed by atoms with Crippen molar-refractivity contribution < 1.29 is 26.8 Å². The van der Waals surface area contributed by atoms with Gasteiger partial charge in [0.25, 0.3) is 0 Å². The maximum absolute atomic E-state index is 14.2. The highest BCUT2D eigenvalue weighted by molar-refractivity contribution is 5.74. The summed E-state index contributed by atoms with van der Waals surface area (Å²) in [5.74, 6) is -2.64. The molecule has 1 saturated heterocycles. The first-order chi connectivity index (χ1) is 12.3. The van der Waals surface area contributed by atoms with Crippen molar-refractivity contribution in [2.24, 2.45) is 0 Å². The number of benzene rings is 1. The molecule has 1 fully saturated rings. The molecule has 2 N–H and O–H groups in total. The second-order valence-electron chi connectivity index (χ2n) is 5.61. The Morgan fingerprint density at radius 1 is 1.27 bits per heavy atom. The molecular weight excluding hydrogens is 358 g/mol. The van der Waals surface area contributed by atoms with Gasteiger partial charge in [-0.15, -0.1) is 10.2 Å². The SMILES string of the molecule is O=C(NCc1ccc(-c2nnc(C(F)(F)F)o2)cc1F)N1CCNCC1. The maximum Gasteiger partial charge on any atom is 0.470 e. The summed E-state index contributed by atoms with van der Waals surface area (Å²) in [5.41, 5.74) is 0.204. The average molecular weight is 373 g/mol. The highest BCUT2D eigenvalue weighted by Crippen LogP contribution is 2.30. The molecule has 0 atom stereocenters. The third kappa shape index (κ3) is 4.10. The van der Waals surface area contributed by atoms with E-state index in [1.54, 1.807) is 4.90 Å². The fourth-order valence-corrected chi connectivity index (χ4v) is 2.43. The van der Waals surface area contributed by atoms with Crippen molar-refractivity contribution in [1.82, 2.24) is 25.7 Å². The Hall–Kier alpha value is -2.69. The van der Waals surface area contributed by atoms with E-state index in [1.165, 1.54) is 12.1 Å². The monoisotopic (exact) mass is 373 g/mol. The van der Waals surface area contributed by atoms with Crippen molar-refractivity contribution in [3.05, 3.63) is 35.5 Å². The standard InChI is InChI=1S/C15H15F4N5O2/c16-11-7-9(12-22-23-13(26-12)15(17,18)19)1-2-10(11)8-21-14(25)24-5-3-20-4-6-24/h1-2,7,20H,3-6,8H2,(H,21,25). The number of rotatable bonds is 3. The molecule has 1 aliphatic rings.